The van der Waals surface area contributed by atoms with Gasteiger partial charge in [-0.3, -0.25) is 14.5 Å². The Labute approximate surface area is 305 Å². The Morgan fingerprint density at radius 2 is 1.65 bits per heavy atom. The van der Waals surface area contributed by atoms with Crippen molar-refractivity contribution in [1.29, 1.82) is 0 Å². The molecule has 0 bridgehead atoms. The quantitative estimate of drug-likeness (QED) is 0.130. The van der Waals surface area contributed by atoms with Crippen molar-refractivity contribution in [3.05, 3.63) is 108 Å². The molecular formula is C42H51N3O7. The maximum Gasteiger partial charge on any atom is 0.237 e. The highest BCUT2D eigenvalue weighted by atomic mass is 16.5. The minimum Gasteiger partial charge on any atom is -0.491 e. The number of β-amino-alcohol motifs (C(OH)–C–C–N with tert-alkyl or cyclic N) is 1. The lowest BCUT2D eigenvalue weighted by Gasteiger charge is -2.30. The van der Waals surface area contributed by atoms with Crippen molar-refractivity contribution >= 4 is 22.6 Å². The molecule has 276 valence electrons. The van der Waals surface area contributed by atoms with Gasteiger partial charge in [0.15, 0.2) is 0 Å². The van der Waals surface area contributed by atoms with E-state index in [-0.39, 0.29) is 44.1 Å². The molecule has 1 unspecified atom stereocenters. The molecule has 6 rings (SSSR count). The Morgan fingerprint density at radius 1 is 0.942 bits per heavy atom. The van der Waals surface area contributed by atoms with E-state index in [1.165, 1.54) is 0 Å². The van der Waals surface area contributed by atoms with Gasteiger partial charge in [-0.25, -0.2) is 0 Å². The zero-order valence-electron chi connectivity index (χ0n) is 30.2. The summed E-state index contributed by atoms with van der Waals surface area (Å²) >= 11 is 0. The summed E-state index contributed by atoms with van der Waals surface area (Å²) in [6, 6.07) is 28.0. The lowest BCUT2D eigenvalue weighted by atomic mass is 9.91. The monoisotopic (exact) mass is 709 g/mol. The van der Waals surface area contributed by atoms with E-state index in [0.29, 0.717) is 31.6 Å². The first-order valence-electron chi connectivity index (χ1n) is 18.2. The number of aliphatic hydroxyl groups excluding tert-OH is 3. The van der Waals surface area contributed by atoms with E-state index in [1.807, 2.05) is 98.5 Å². The molecule has 52 heavy (non-hydrogen) atoms. The zero-order chi connectivity index (χ0) is 36.8. The summed E-state index contributed by atoms with van der Waals surface area (Å²) in [5.41, 5.74) is 2.34. The average Bonchev–Trinajstić information content (AvgIpc) is 3.65. The minimum atomic E-state index is -0.937. The van der Waals surface area contributed by atoms with Gasteiger partial charge in [0.25, 0.3) is 0 Å². The summed E-state index contributed by atoms with van der Waals surface area (Å²) in [6.07, 6.45) is -0.573. The first-order chi connectivity index (χ1) is 25.0. The summed E-state index contributed by atoms with van der Waals surface area (Å²) in [5.74, 6) is 0.311. The smallest absolute Gasteiger partial charge is 0.237 e. The van der Waals surface area contributed by atoms with E-state index in [2.05, 4.69) is 16.7 Å². The molecule has 2 aliphatic rings. The molecule has 1 fully saturated rings. The topological polar surface area (TPSA) is 141 Å². The third-order valence-corrected chi connectivity index (χ3v) is 9.83. The van der Waals surface area contributed by atoms with Crippen LogP contribution in [0.25, 0.3) is 10.8 Å². The summed E-state index contributed by atoms with van der Waals surface area (Å²) in [7, 11) is 0. The van der Waals surface area contributed by atoms with Crippen LogP contribution in [0.3, 0.4) is 0 Å². The van der Waals surface area contributed by atoms with Gasteiger partial charge in [-0.2, -0.15) is 0 Å². The highest BCUT2D eigenvalue weighted by molar-refractivity contribution is 5.84. The number of likely N-dealkylation sites (tertiary alicyclic amines) is 1. The minimum absolute atomic E-state index is 0.0932. The Morgan fingerprint density at radius 3 is 2.40 bits per heavy atom. The zero-order valence-corrected chi connectivity index (χ0v) is 30.2. The third-order valence-electron chi connectivity index (χ3n) is 9.83. The van der Waals surface area contributed by atoms with Crippen molar-refractivity contribution in [2.75, 3.05) is 26.3 Å². The molecule has 2 amide bonds. The van der Waals surface area contributed by atoms with Gasteiger partial charge in [0.05, 0.1) is 30.9 Å². The molecular weight excluding hydrogens is 658 g/mol. The van der Waals surface area contributed by atoms with E-state index in [9.17, 15) is 19.8 Å². The summed E-state index contributed by atoms with van der Waals surface area (Å²) in [6.45, 7) is 6.52. The first kappa shape index (κ1) is 37.3. The van der Waals surface area contributed by atoms with Crippen molar-refractivity contribution in [2.45, 2.75) is 82.4 Å². The fourth-order valence-corrected chi connectivity index (χ4v) is 7.45. The van der Waals surface area contributed by atoms with Crippen LogP contribution in [0.15, 0.2) is 91.0 Å². The molecule has 1 heterocycles. The largest absolute Gasteiger partial charge is 0.491 e. The molecule has 1 aliphatic carbocycles. The van der Waals surface area contributed by atoms with Crippen molar-refractivity contribution in [2.24, 2.45) is 5.92 Å². The number of hydrogen-bond acceptors (Lipinski definition) is 8. The van der Waals surface area contributed by atoms with Crippen molar-refractivity contribution < 1.29 is 34.4 Å². The maximum atomic E-state index is 14.0. The summed E-state index contributed by atoms with van der Waals surface area (Å²) in [5, 5.41) is 40.0. The fraction of sp³-hybridized carbons (Fsp3) is 0.429. The number of carbonyl (C=O) groups is 2. The highest BCUT2D eigenvalue weighted by Gasteiger charge is 2.41. The third kappa shape index (κ3) is 9.49. The van der Waals surface area contributed by atoms with E-state index < -0.39 is 35.7 Å². The van der Waals surface area contributed by atoms with Crippen LogP contribution >= 0.6 is 0 Å². The van der Waals surface area contributed by atoms with Gasteiger partial charge in [-0.15, -0.1) is 0 Å². The molecule has 1 saturated heterocycles. The number of nitrogens with one attached hydrogen (secondary N) is 2. The predicted octanol–water partition coefficient (Wildman–Crippen LogP) is 4.33. The molecule has 6 atom stereocenters. The molecule has 1 aliphatic heterocycles. The normalized spacial score (nSPS) is 21.3. The number of nitrogens with zero attached hydrogens (tertiary/aromatic N) is 1. The number of hydrogen-bond donors (Lipinski definition) is 5. The van der Waals surface area contributed by atoms with Crippen LogP contribution in [0.5, 0.6) is 11.5 Å². The first-order valence-corrected chi connectivity index (χ1v) is 18.2. The SMILES string of the molecule is CC(C)(C)NC(=O)C1C[C@H](Oc2ccc3ccccc3c2)CN1C[C@@H](O)C[C@@H](Cc1ccc(OCCO)cc1)C(=O)N[C@H]1c2ccccc2C[C@H]1O. The van der Waals surface area contributed by atoms with Gasteiger partial charge in [0.1, 0.15) is 24.2 Å². The standard InChI is InChI=1S/C42H51N3O7/c1-42(2,3)44-41(50)37-24-35(52-34-17-14-28-8-4-5-9-29(28)22-34)26-45(37)25-32(47)21-31(20-27-12-15-33(16-13-27)51-19-18-46)40(49)43-39-36-11-7-6-10-30(36)23-38(39)48/h4-17,22,31-32,35,37-39,46-48H,18-21,23-26H2,1-3H3,(H,43,49)(H,44,50)/t31-,32+,35+,37?,38-,39+/m1/s1. The molecule has 10 heteroatoms. The van der Waals surface area contributed by atoms with E-state index >= 15 is 0 Å². The number of amides is 2. The van der Waals surface area contributed by atoms with Crippen LogP contribution in [0.2, 0.25) is 0 Å². The maximum absolute atomic E-state index is 14.0. The van der Waals surface area contributed by atoms with Gasteiger partial charge >= 0.3 is 0 Å². The Hall–Kier alpha value is -4.48. The van der Waals surface area contributed by atoms with Gasteiger partial charge < -0.3 is 35.4 Å². The second-order valence-electron chi connectivity index (χ2n) is 15.2. The van der Waals surface area contributed by atoms with Crippen LogP contribution in [0.1, 0.15) is 56.3 Å². The van der Waals surface area contributed by atoms with E-state index in [1.54, 1.807) is 12.1 Å². The lowest BCUT2D eigenvalue weighted by molar-refractivity contribution is -0.129. The molecule has 0 spiro atoms. The molecule has 4 aromatic carbocycles. The molecule has 0 radical (unpaired) electrons. The number of aliphatic hydroxyl groups is 3. The van der Waals surface area contributed by atoms with Crippen LogP contribution < -0.4 is 20.1 Å². The van der Waals surface area contributed by atoms with Crippen LogP contribution in [-0.2, 0) is 22.4 Å². The second-order valence-corrected chi connectivity index (χ2v) is 15.2. The van der Waals surface area contributed by atoms with Gasteiger partial charge in [-0.1, -0.05) is 66.7 Å². The number of benzene rings is 4. The Bertz CT molecular complexity index is 1820. The Balaban J connectivity index is 1.18. The van der Waals surface area contributed by atoms with Gasteiger partial charge in [0.2, 0.25) is 11.8 Å². The van der Waals surface area contributed by atoms with Crippen molar-refractivity contribution in [3.63, 3.8) is 0 Å². The number of rotatable bonds is 14. The van der Waals surface area contributed by atoms with Gasteiger partial charge in [0, 0.05) is 37.4 Å². The number of carbonyl (C=O) groups excluding carboxylic acids is 2. The summed E-state index contributed by atoms with van der Waals surface area (Å²) < 4.78 is 12.0. The van der Waals surface area contributed by atoms with Gasteiger partial charge in [-0.05, 0) is 85.3 Å². The number of fused-ring (bicyclic) bond motifs is 2. The molecule has 4 aromatic rings. The highest BCUT2D eigenvalue weighted by Crippen LogP contribution is 2.33. The number of ether oxygens (including phenoxy) is 2. The van der Waals surface area contributed by atoms with E-state index in [0.717, 1.165) is 33.2 Å². The predicted molar refractivity (Wildman–Crippen MR) is 200 cm³/mol. The average molecular weight is 710 g/mol. The molecule has 0 saturated carbocycles. The van der Waals surface area contributed by atoms with Crippen LogP contribution in [0.4, 0.5) is 0 Å². The van der Waals surface area contributed by atoms with Crippen molar-refractivity contribution in [1.82, 2.24) is 15.5 Å². The molecule has 10 nitrogen and oxygen atoms in total. The molecule has 0 aromatic heterocycles. The molecule has 5 N–H and O–H groups in total. The lowest BCUT2D eigenvalue weighted by Crippen LogP contribution is -2.51. The fourth-order valence-electron chi connectivity index (χ4n) is 7.45. The van der Waals surface area contributed by atoms with Crippen LogP contribution in [-0.4, -0.2) is 88.2 Å². The summed E-state index contributed by atoms with van der Waals surface area (Å²) in [4.78, 5) is 29.6. The van der Waals surface area contributed by atoms with Crippen molar-refractivity contribution in [3.8, 4) is 11.5 Å². The van der Waals surface area contributed by atoms with E-state index in [4.69, 9.17) is 14.6 Å². The second kappa shape index (κ2) is 16.5. The Kier molecular flexibility index (Phi) is 11.8. The van der Waals surface area contributed by atoms with Crippen LogP contribution in [0, 0.1) is 5.92 Å².